The summed E-state index contributed by atoms with van der Waals surface area (Å²) in [6.45, 7) is 0.211. The van der Waals surface area contributed by atoms with Gasteiger partial charge in [0.15, 0.2) is 5.13 Å². The molecule has 2 aromatic carbocycles. The number of hydrogen-bond acceptors (Lipinski definition) is 5. The lowest BCUT2D eigenvalue weighted by Gasteiger charge is -2.10. The molecule has 0 aliphatic heterocycles. The van der Waals surface area contributed by atoms with E-state index in [-0.39, 0.29) is 12.5 Å². The van der Waals surface area contributed by atoms with Gasteiger partial charge in [0.1, 0.15) is 12.4 Å². The highest BCUT2D eigenvalue weighted by Gasteiger charge is 2.10. The Kier molecular flexibility index (Phi) is 5.06. The van der Waals surface area contributed by atoms with Gasteiger partial charge in [0.25, 0.3) is 11.8 Å². The summed E-state index contributed by atoms with van der Waals surface area (Å²) in [5.41, 5.74) is 6.95. The van der Waals surface area contributed by atoms with Crippen molar-refractivity contribution in [3.05, 3.63) is 76.8 Å². The number of hydrogen-bond donors (Lipinski definition) is 2. The number of nitrogens with two attached hydrogens (primary N) is 1. The highest BCUT2D eigenvalue weighted by atomic mass is 32.1. The van der Waals surface area contributed by atoms with Crippen molar-refractivity contribution in [3.8, 4) is 5.75 Å². The van der Waals surface area contributed by atoms with Crippen LogP contribution in [0.25, 0.3) is 0 Å². The number of anilines is 1. The van der Waals surface area contributed by atoms with Crippen LogP contribution in [-0.2, 0) is 6.61 Å². The quantitative estimate of drug-likeness (QED) is 0.712. The molecule has 1 aromatic heterocycles. The summed E-state index contributed by atoms with van der Waals surface area (Å²) in [4.78, 5) is 27.7. The van der Waals surface area contributed by atoms with E-state index in [0.29, 0.717) is 22.0 Å². The van der Waals surface area contributed by atoms with Crippen molar-refractivity contribution in [2.24, 2.45) is 5.73 Å². The average molecular weight is 353 g/mol. The van der Waals surface area contributed by atoms with E-state index in [2.05, 4.69) is 10.3 Å². The van der Waals surface area contributed by atoms with Gasteiger partial charge < -0.3 is 10.5 Å². The van der Waals surface area contributed by atoms with Crippen molar-refractivity contribution in [2.45, 2.75) is 6.61 Å². The first-order valence-electron chi connectivity index (χ1n) is 7.45. The zero-order valence-electron chi connectivity index (χ0n) is 13.1. The Balaban J connectivity index is 1.70. The van der Waals surface area contributed by atoms with Gasteiger partial charge in [0, 0.05) is 17.1 Å². The molecule has 7 heteroatoms. The maximum Gasteiger partial charge on any atom is 0.257 e. The summed E-state index contributed by atoms with van der Waals surface area (Å²) in [5, 5.41) is 5.06. The smallest absolute Gasteiger partial charge is 0.257 e. The normalized spacial score (nSPS) is 10.2. The summed E-state index contributed by atoms with van der Waals surface area (Å²) in [7, 11) is 0. The minimum absolute atomic E-state index is 0.211. The van der Waals surface area contributed by atoms with Crippen LogP contribution in [0.4, 0.5) is 5.13 Å². The SMILES string of the molecule is NC(=O)c1ccccc1OCc1cccc(C(=O)Nc2nccs2)c1. The van der Waals surface area contributed by atoms with E-state index in [1.54, 1.807) is 54.0 Å². The molecule has 25 heavy (non-hydrogen) atoms. The number of amides is 2. The lowest BCUT2D eigenvalue weighted by molar-refractivity contribution is 0.0994. The molecule has 0 atom stereocenters. The lowest BCUT2D eigenvalue weighted by Crippen LogP contribution is -2.13. The molecule has 0 saturated heterocycles. The highest BCUT2D eigenvalue weighted by Crippen LogP contribution is 2.19. The van der Waals surface area contributed by atoms with Crippen LogP contribution < -0.4 is 15.8 Å². The van der Waals surface area contributed by atoms with Crippen LogP contribution >= 0.6 is 11.3 Å². The van der Waals surface area contributed by atoms with Gasteiger partial charge >= 0.3 is 0 Å². The number of thiazole rings is 1. The minimum atomic E-state index is -0.549. The predicted molar refractivity (Wildman–Crippen MR) is 95.8 cm³/mol. The molecule has 3 aromatic rings. The Hall–Kier alpha value is -3.19. The van der Waals surface area contributed by atoms with Crippen molar-refractivity contribution in [3.63, 3.8) is 0 Å². The van der Waals surface area contributed by atoms with E-state index in [0.717, 1.165) is 5.56 Å². The van der Waals surface area contributed by atoms with Gasteiger partial charge in [0.05, 0.1) is 5.56 Å². The molecule has 0 radical (unpaired) electrons. The van der Waals surface area contributed by atoms with E-state index >= 15 is 0 Å². The van der Waals surface area contributed by atoms with Crippen LogP contribution in [0.2, 0.25) is 0 Å². The van der Waals surface area contributed by atoms with E-state index in [9.17, 15) is 9.59 Å². The zero-order valence-corrected chi connectivity index (χ0v) is 14.0. The van der Waals surface area contributed by atoms with E-state index < -0.39 is 5.91 Å². The fraction of sp³-hybridized carbons (Fsp3) is 0.0556. The van der Waals surface area contributed by atoms with Crippen LogP contribution in [0.3, 0.4) is 0 Å². The molecular weight excluding hydrogens is 338 g/mol. The Morgan fingerprint density at radius 3 is 2.76 bits per heavy atom. The third-order valence-corrected chi connectivity index (χ3v) is 4.08. The summed E-state index contributed by atoms with van der Waals surface area (Å²) in [6, 6.07) is 13.8. The van der Waals surface area contributed by atoms with Gasteiger partial charge in [0.2, 0.25) is 0 Å². The fourth-order valence-corrected chi connectivity index (χ4v) is 2.74. The predicted octanol–water partition coefficient (Wildman–Crippen LogP) is 3.07. The third kappa shape index (κ3) is 4.21. The highest BCUT2D eigenvalue weighted by molar-refractivity contribution is 7.13. The number of primary amides is 1. The molecule has 1 heterocycles. The van der Waals surface area contributed by atoms with E-state index in [4.69, 9.17) is 10.5 Å². The van der Waals surface area contributed by atoms with Crippen molar-refractivity contribution in [1.29, 1.82) is 0 Å². The summed E-state index contributed by atoms with van der Waals surface area (Å²) in [6.07, 6.45) is 1.63. The van der Waals surface area contributed by atoms with Crippen LogP contribution in [0.5, 0.6) is 5.75 Å². The molecule has 0 unspecified atom stereocenters. The van der Waals surface area contributed by atoms with E-state index in [1.165, 1.54) is 11.3 Å². The number of rotatable bonds is 6. The van der Waals surface area contributed by atoms with Crippen molar-refractivity contribution in [1.82, 2.24) is 4.98 Å². The van der Waals surface area contributed by atoms with Crippen molar-refractivity contribution < 1.29 is 14.3 Å². The van der Waals surface area contributed by atoms with Gasteiger partial charge in [-0.2, -0.15) is 0 Å². The fourth-order valence-electron chi connectivity index (χ4n) is 2.21. The molecule has 0 aliphatic rings. The van der Waals surface area contributed by atoms with Crippen LogP contribution in [0, 0.1) is 0 Å². The van der Waals surface area contributed by atoms with Crippen molar-refractivity contribution >= 4 is 28.3 Å². The molecule has 6 nitrogen and oxygen atoms in total. The van der Waals surface area contributed by atoms with Gasteiger partial charge in [-0.25, -0.2) is 4.98 Å². The molecule has 126 valence electrons. The minimum Gasteiger partial charge on any atom is -0.488 e. The number of aromatic nitrogens is 1. The number of para-hydroxylation sites is 1. The van der Waals surface area contributed by atoms with Crippen LogP contribution in [-0.4, -0.2) is 16.8 Å². The number of carbonyl (C=O) groups is 2. The molecule has 0 bridgehead atoms. The monoisotopic (exact) mass is 353 g/mol. The molecule has 0 spiro atoms. The van der Waals surface area contributed by atoms with Crippen molar-refractivity contribution in [2.75, 3.05) is 5.32 Å². The average Bonchev–Trinajstić information content (AvgIpc) is 3.13. The molecule has 0 aliphatic carbocycles. The van der Waals surface area contributed by atoms with Crippen LogP contribution in [0.15, 0.2) is 60.1 Å². The zero-order chi connectivity index (χ0) is 17.6. The number of carbonyl (C=O) groups excluding carboxylic acids is 2. The Morgan fingerprint density at radius 2 is 2.00 bits per heavy atom. The standard InChI is InChI=1S/C18H15N3O3S/c19-16(22)14-6-1-2-7-15(14)24-11-12-4-3-5-13(10-12)17(23)21-18-20-8-9-25-18/h1-10H,11H2,(H2,19,22)(H,20,21,23). The second kappa shape index (κ2) is 7.59. The molecule has 0 saturated carbocycles. The first kappa shape index (κ1) is 16.7. The molecule has 0 fully saturated rings. The van der Waals surface area contributed by atoms with Gasteiger partial charge in [-0.05, 0) is 29.8 Å². The van der Waals surface area contributed by atoms with Gasteiger partial charge in [-0.3, -0.25) is 14.9 Å². The number of benzene rings is 2. The van der Waals surface area contributed by atoms with Gasteiger partial charge in [-0.15, -0.1) is 11.3 Å². The topological polar surface area (TPSA) is 94.3 Å². The molecule has 2 amide bonds. The maximum absolute atomic E-state index is 12.2. The second-order valence-electron chi connectivity index (χ2n) is 5.14. The molecular formula is C18H15N3O3S. The van der Waals surface area contributed by atoms with Gasteiger partial charge in [-0.1, -0.05) is 24.3 Å². The first-order chi connectivity index (χ1) is 12.1. The summed E-state index contributed by atoms with van der Waals surface area (Å²) >= 11 is 1.35. The summed E-state index contributed by atoms with van der Waals surface area (Å²) < 4.78 is 5.68. The first-order valence-corrected chi connectivity index (χ1v) is 8.33. The summed E-state index contributed by atoms with van der Waals surface area (Å²) in [5.74, 6) is -0.380. The number of nitrogens with one attached hydrogen (secondary N) is 1. The third-order valence-electron chi connectivity index (χ3n) is 3.39. The second-order valence-corrected chi connectivity index (χ2v) is 6.04. The maximum atomic E-state index is 12.2. The Labute approximate surface area is 148 Å². The number of nitrogens with zero attached hydrogens (tertiary/aromatic N) is 1. The largest absolute Gasteiger partial charge is 0.488 e. The van der Waals surface area contributed by atoms with Crippen LogP contribution in [0.1, 0.15) is 26.3 Å². The molecule has 3 rings (SSSR count). The number of ether oxygens (including phenoxy) is 1. The van der Waals surface area contributed by atoms with E-state index in [1.807, 2.05) is 6.07 Å². The lowest BCUT2D eigenvalue weighted by atomic mass is 10.1. The molecule has 3 N–H and O–H groups in total. The Bertz CT molecular complexity index is 894. The Morgan fingerprint density at radius 1 is 1.16 bits per heavy atom.